The Hall–Kier alpha value is -4.45. The van der Waals surface area contributed by atoms with Gasteiger partial charge in [-0.1, -0.05) is 121 Å². The standard InChI is InChI=1S/2C14H12N2O2.C2H5.Co.H2O/c2*17-15-13(11-7-3-1-4-8-11)14(16-18)12-9-5-2-6-10-12;1-2;;/h2*1-10,15,17H;1H2,2H3;;1H2/q;;-1;;/b2*14-13-;;;. The SMILES string of the molecule is O.O=N/C(=C(\NO)c1ccccc1)c1ccccc1.O=N/C(=C(\NO)c1ccccc1)c1ccccc1.[CH2-]C.[Co]. The Bertz CT molecular complexity index is 1220. The minimum Gasteiger partial charge on any atom is -0.412 e. The van der Waals surface area contributed by atoms with Crippen molar-refractivity contribution in [3.05, 3.63) is 160 Å². The molecule has 0 amide bonds. The van der Waals surface area contributed by atoms with Gasteiger partial charge in [-0.05, 0) is 10.4 Å². The molecule has 6 N–H and O–H groups in total. The fourth-order valence-electron chi connectivity index (χ4n) is 3.40. The van der Waals surface area contributed by atoms with E-state index in [2.05, 4.69) is 28.2 Å². The molecule has 4 aromatic carbocycles. The molecule has 0 fully saturated rings. The van der Waals surface area contributed by atoms with E-state index in [0.29, 0.717) is 22.3 Å². The largest absolute Gasteiger partial charge is 0.412 e. The molecule has 0 saturated heterocycles. The second kappa shape index (κ2) is 20.5. The van der Waals surface area contributed by atoms with Gasteiger partial charge in [-0.25, -0.2) is 0 Å². The van der Waals surface area contributed by atoms with Gasteiger partial charge in [0, 0.05) is 39.0 Å². The molecule has 211 valence electrons. The van der Waals surface area contributed by atoms with Gasteiger partial charge in [0.05, 0.1) is 11.4 Å². The molecule has 10 heteroatoms. The quantitative estimate of drug-likeness (QED) is 0.0797. The van der Waals surface area contributed by atoms with Crippen molar-refractivity contribution >= 4 is 22.8 Å². The van der Waals surface area contributed by atoms with Crippen LogP contribution >= 0.6 is 0 Å². The molecule has 0 aliphatic carbocycles. The molecular formula is C30H31CoN4O5-. The van der Waals surface area contributed by atoms with Gasteiger partial charge in [0.15, 0.2) is 0 Å². The maximum Gasteiger partial charge on any atom is 0.141 e. The molecule has 1 radical (unpaired) electrons. The van der Waals surface area contributed by atoms with Crippen LogP contribution in [-0.4, -0.2) is 15.9 Å². The summed E-state index contributed by atoms with van der Waals surface area (Å²) in [4.78, 5) is 22.0. The predicted molar refractivity (Wildman–Crippen MR) is 155 cm³/mol. The van der Waals surface area contributed by atoms with E-state index >= 15 is 0 Å². The number of benzene rings is 4. The van der Waals surface area contributed by atoms with Crippen LogP contribution in [0, 0.1) is 16.7 Å². The van der Waals surface area contributed by atoms with Crippen LogP contribution in [0.15, 0.2) is 132 Å². The molecule has 0 unspecified atom stereocenters. The molecule has 0 atom stereocenters. The first-order valence-electron chi connectivity index (χ1n) is 11.6. The summed E-state index contributed by atoms with van der Waals surface area (Å²) < 4.78 is 0. The van der Waals surface area contributed by atoms with Crippen molar-refractivity contribution in [3.8, 4) is 0 Å². The Morgan fingerprint density at radius 2 is 0.750 bits per heavy atom. The third kappa shape index (κ3) is 10.0. The number of nitroso groups, excluding NO2 is 2. The Morgan fingerprint density at radius 3 is 0.950 bits per heavy atom. The van der Waals surface area contributed by atoms with Gasteiger partial charge in [0.25, 0.3) is 0 Å². The molecular weight excluding hydrogens is 555 g/mol. The van der Waals surface area contributed by atoms with E-state index in [0.717, 1.165) is 0 Å². The van der Waals surface area contributed by atoms with Crippen LogP contribution in [0.1, 0.15) is 29.2 Å². The van der Waals surface area contributed by atoms with Gasteiger partial charge in [0.2, 0.25) is 0 Å². The van der Waals surface area contributed by atoms with Crippen molar-refractivity contribution < 1.29 is 32.7 Å². The smallest absolute Gasteiger partial charge is 0.141 e. The summed E-state index contributed by atoms with van der Waals surface area (Å²) in [6, 6.07) is 36.1. The summed E-state index contributed by atoms with van der Waals surface area (Å²) in [5.41, 5.74) is 7.70. The Kier molecular flexibility index (Phi) is 18.2. The van der Waals surface area contributed by atoms with Crippen molar-refractivity contribution in [2.24, 2.45) is 10.4 Å². The topological polar surface area (TPSA) is 155 Å². The number of hydroxylamine groups is 2. The summed E-state index contributed by atoms with van der Waals surface area (Å²) in [5.74, 6) is 0. The van der Waals surface area contributed by atoms with Gasteiger partial charge in [0.1, 0.15) is 11.4 Å². The van der Waals surface area contributed by atoms with Crippen LogP contribution in [-0.2, 0) is 16.8 Å². The Labute approximate surface area is 243 Å². The van der Waals surface area contributed by atoms with Gasteiger partial charge in [-0.3, -0.25) is 21.4 Å². The first-order valence-corrected chi connectivity index (χ1v) is 11.6. The predicted octanol–water partition coefficient (Wildman–Crippen LogP) is 6.53. The normalized spacial score (nSPS) is 10.6. The summed E-state index contributed by atoms with van der Waals surface area (Å²) in [6.07, 6.45) is 0. The van der Waals surface area contributed by atoms with Crippen LogP contribution in [0.4, 0.5) is 0 Å². The third-order valence-electron chi connectivity index (χ3n) is 5.10. The van der Waals surface area contributed by atoms with E-state index in [-0.39, 0.29) is 45.0 Å². The van der Waals surface area contributed by atoms with Gasteiger partial charge >= 0.3 is 0 Å². The molecule has 4 rings (SSSR count). The Balaban J connectivity index is 0.000000684. The summed E-state index contributed by atoms with van der Waals surface area (Å²) >= 11 is 0. The second-order valence-corrected chi connectivity index (χ2v) is 7.32. The van der Waals surface area contributed by atoms with Crippen LogP contribution in [0.2, 0.25) is 0 Å². The molecule has 0 heterocycles. The van der Waals surface area contributed by atoms with Crippen LogP contribution < -0.4 is 11.0 Å². The van der Waals surface area contributed by atoms with Gasteiger partial charge < -0.3 is 12.4 Å². The van der Waals surface area contributed by atoms with Gasteiger partial charge in [-0.15, -0.1) is 9.81 Å². The summed E-state index contributed by atoms with van der Waals surface area (Å²) in [7, 11) is 0. The molecule has 0 aliphatic rings. The van der Waals surface area contributed by atoms with E-state index in [1.165, 1.54) is 0 Å². The molecule has 0 spiro atoms. The van der Waals surface area contributed by atoms with Crippen molar-refractivity contribution in [2.45, 2.75) is 6.92 Å². The number of nitrogens with one attached hydrogen (secondary N) is 2. The minimum absolute atomic E-state index is 0. The maximum atomic E-state index is 11.0. The molecule has 0 bridgehead atoms. The average Bonchev–Trinajstić information content (AvgIpc) is 3.01. The molecule has 0 aromatic heterocycles. The zero-order valence-corrected chi connectivity index (χ0v) is 22.7. The van der Waals surface area contributed by atoms with Crippen molar-refractivity contribution in [1.82, 2.24) is 11.0 Å². The summed E-state index contributed by atoms with van der Waals surface area (Å²) in [5, 5.41) is 24.5. The zero-order chi connectivity index (χ0) is 27.6. The van der Waals surface area contributed by atoms with E-state index in [1.54, 1.807) is 79.7 Å². The third-order valence-corrected chi connectivity index (χ3v) is 5.10. The van der Waals surface area contributed by atoms with Crippen LogP contribution in [0.3, 0.4) is 0 Å². The maximum absolute atomic E-state index is 11.0. The number of hydrogen-bond acceptors (Lipinski definition) is 8. The fraction of sp³-hybridized carbons (Fsp3) is 0.0333. The van der Waals surface area contributed by atoms with E-state index in [4.69, 9.17) is 0 Å². The van der Waals surface area contributed by atoms with E-state index < -0.39 is 0 Å². The minimum atomic E-state index is 0. The average molecular weight is 587 g/mol. The first kappa shape index (κ1) is 35.5. The molecule has 0 aliphatic heterocycles. The van der Waals surface area contributed by atoms with Crippen molar-refractivity contribution in [3.63, 3.8) is 0 Å². The Morgan fingerprint density at radius 1 is 0.525 bits per heavy atom. The molecule has 40 heavy (non-hydrogen) atoms. The first-order chi connectivity index (χ1) is 18.7. The van der Waals surface area contributed by atoms with Gasteiger partial charge in [-0.2, -0.15) is 6.92 Å². The zero-order valence-electron chi connectivity index (χ0n) is 21.7. The molecule has 0 saturated carbocycles. The van der Waals surface area contributed by atoms with Crippen LogP contribution in [0.5, 0.6) is 0 Å². The van der Waals surface area contributed by atoms with Crippen molar-refractivity contribution in [2.75, 3.05) is 0 Å². The number of hydrogen-bond donors (Lipinski definition) is 4. The monoisotopic (exact) mass is 586 g/mol. The van der Waals surface area contributed by atoms with E-state index in [1.807, 2.05) is 48.5 Å². The summed E-state index contributed by atoms with van der Waals surface area (Å²) in [6.45, 7) is 5.00. The van der Waals surface area contributed by atoms with Crippen LogP contribution in [0.25, 0.3) is 22.8 Å². The fourth-order valence-corrected chi connectivity index (χ4v) is 3.40. The molecule has 4 aromatic rings. The van der Waals surface area contributed by atoms with Crippen molar-refractivity contribution in [1.29, 1.82) is 0 Å². The second-order valence-electron chi connectivity index (χ2n) is 7.32. The molecule has 9 nitrogen and oxygen atoms in total. The number of nitrogens with zero attached hydrogens (tertiary/aromatic N) is 2. The van der Waals surface area contributed by atoms with E-state index in [9.17, 15) is 20.2 Å². The number of rotatable bonds is 8.